The monoisotopic (exact) mass is 432 g/mol. The van der Waals surface area contributed by atoms with Gasteiger partial charge in [-0.15, -0.1) is 22.7 Å². The van der Waals surface area contributed by atoms with E-state index in [-0.39, 0.29) is 11.8 Å². The van der Waals surface area contributed by atoms with Gasteiger partial charge in [-0.1, -0.05) is 11.6 Å². The van der Waals surface area contributed by atoms with Crippen LogP contribution in [0.3, 0.4) is 0 Å². The molecule has 0 saturated carbocycles. The maximum Gasteiger partial charge on any atom is 0.259 e. The molecule has 0 unspecified atom stereocenters. The number of nitrogens with one attached hydrogen (secondary N) is 1. The highest BCUT2D eigenvalue weighted by Crippen LogP contribution is 2.31. The van der Waals surface area contributed by atoms with Gasteiger partial charge < -0.3 is 10.2 Å². The van der Waals surface area contributed by atoms with Crippen molar-refractivity contribution in [1.29, 1.82) is 0 Å². The van der Waals surface area contributed by atoms with Crippen molar-refractivity contribution in [2.75, 3.05) is 17.3 Å². The zero-order valence-corrected chi connectivity index (χ0v) is 18.7. The predicted molar refractivity (Wildman–Crippen MR) is 120 cm³/mol. The van der Waals surface area contributed by atoms with Crippen LogP contribution in [0.1, 0.15) is 40.2 Å². The molecule has 0 aliphatic carbocycles. The summed E-state index contributed by atoms with van der Waals surface area (Å²) in [7, 11) is 1.70. The molecule has 0 atom stereocenters. The van der Waals surface area contributed by atoms with Crippen LogP contribution in [0.4, 0.5) is 11.4 Å². The largest absolute Gasteiger partial charge is 0.322 e. The summed E-state index contributed by atoms with van der Waals surface area (Å²) < 4.78 is 0. The molecule has 1 aromatic carbocycles. The van der Waals surface area contributed by atoms with Gasteiger partial charge in [0, 0.05) is 32.2 Å². The number of anilines is 2. The molecule has 3 aromatic rings. The van der Waals surface area contributed by atoms with Gasteiger partial charge in [0.15, 0.2) is 0 Å². The molecule has 2 amide bonds. The van der Waals surface area contributed by atoms with Crippen LogP contribution in [-0.4, -0.2) is 18.9 Å². The molecule has 2 heterocycles. The Kier molecular flexibility index (Phi) is 5.93. The van der Waals surface area contributed by atoms with Crippen molar-refractivity contribution in [1.82, 2.24) is 0 Å². The number of carbonyl (C=O) groups is 2. The van der Waals surface area contributed by atoms with Crippen molar-refractivity contribution in [2.24, 2.45) is 0 Å². The lowest BCUT2D eigenvalue weighted by Gasteiger charge is -2.19. The fourth-order valence-electron chi connectivity index (χ4n) is 3.04. The van der Waals surface area contributed by atoms with Crippen molar-refractivity contribution in [2.45, 2.75) is 27.7 Å². The topological polar surface area (TPSA) is 49.4 Å². The highest BCUT2D eigenvalue weighted by atomic mass is 35.5. The maximum absolute atomic E-state index is 12.8. The summed E-state index contributed by atoms with van der Waals surface area (Å²) in [4.78, 5) is 31.0. The molecule has 0 aliphatic heterocycles. The summed E-state index contributed by atoms with van der Waals surface area (Å²) in [6.45, 7) is 7.82. The standard InChI is InChI=1S/C21H21ClN2O2S2/c1-11-8-16(13(3)27-11)20(25)23-15-6-7-19(18(22)10-15)24(5)21(26)17-9-12(2)28-14(17)4/h6-10H,1-5H3,(H,23,25). The molecule has 0 spiro atoms. The Labute approximate surface area is 177 Å². The third kappa shape index (κ3) is 4.14. The van der Waals surface area contributed by atoms with Gasteiger partial charge in [-0.05, 0) is 58.0 Å². The molecule has 4 nitrogen and oxygen atoms in total. The first-order valence-electron chi connectivity index (χ1n) is 8.70. The van der Waals surface area contributed by atoms with Gasteiger partial charge in [-0.25, -0.2) is 0 Å². The summed E-state index contributed by atoms with van der Waals surface area (Å²) in [6.07, 6.45) is 0. The Hall–Kier alpha value is -2.15. The average Bonchev–Trinajstić information content (AvgIpc) is 3.14. The zero-order chi connectivity index (χ0) is 20.6. The second kappa shape index (κ2) is 8.07. The van der Waals surface area contributed by atoms with Crippen LogP contribution in [0.15, 0.2) is 30.3 Å². The van der Waals surface area contributed by atoms with E-state index in [0.717, 1.165) is 19.5 Å². The minimum absolute atomic E-state index is 0.107. The second-order valence-electron chi connectivity index (χ2n) is 6.64. The Morgan fingerprint density at radius 3 is 2.00 bits per heavy atom. The Bertz CT molecular complexity index is 1070. The SMILES string of the molecule is Cc1cc(C(=O)Nc2ccc(N(C)C(=O)c3cc(C)sc3C)c(Cl)c2)c(C)s1. The van der Waals surface area contributed by atoms with E-state index in [9.17, 15) is 9.59 Å². The number of nitrogens with zero attached hydrogens (tertiary/aromatic N) is 1. The van der Waals surface area contributed by atoms with E-state index in [1.807, 2.05) is 39.8 Å². The number of carbonyl (C=O) groups excluding carboxylic acids is 2. The molecule has 0 saturated heterocycles. The van der Waals surface area contributed by atoms with E-state index in [1.165, 1.54) is 4.90 Å². The summed E-state index contributed by atoms with van der Waals surface area (Å²) >= 11 is 9.61. The van der Waals surface area contributed by atoms with Crippen molar-refractivity contribution in [3.8, 4) is 0 Å². The normalized spacial score (nSPS) is 10.8. The number of amides is 2. The van der Waals surface area contributed by atoms with Crippen molar-refractivity contribution < 1.29 is 9.59 Å². The molecule has 28 heavy (non-hydrogen) atoms. The number of rotatable bonds is 4. The smallest absolute Gasteiger partial charge is 0.259 e. The van der Waals surface area contributed by atoms with E-state index >= 15 is 0 Å². The fraction of sp³-hybridized carbons (Fsp3) is 0.238. The molecule has 0 bridgehead atoms. The molecule has 2 aromatic heterocycles. The van der Waals surface area contributed by atoms with Gasteiger partial charge in [0.1, 0.15) is 0 Å². The highest BCUT2D eigenvalue weighted by molar-refractivity contribution is 7.12. The minimum atomic E-state index is -0.167. The molecule has 0 aliphatic rings. The van der Waals surface area contributed by atoms with E-state index in [1.54, 1.807) is 47.9 Å². The summed E-state index contributed by atoms with van der Waals surface area (Å²) in [5.41, 5.74) is 2.53. The van der Waals surface area contributed by atoms with Crippen LogP contribution < -0.4 is 10.2 Å². The van der Waals surface area contributed by atoms with Crippen LogP contribution in [0.25, 0.3) is 0 Å². The fourth-order valence-corrected chi connectivity index (χ4v) is 5.19. The summed E-state index contributed by atoms with van der Waals surface area (Å²) in [6, 6.07) is 8.94. The lowest BCUT2D eigenvalue weighted by atomic mass is 10.2. The lowest BCUT2D eigenvalue weighted by Crippen LogP contribution is -2.26. The van der Waals surface area contributed by atoms with E-state index in [0.29, 0.717) is 27.5 Å². The van der Waals surface area contributed by atoms with Gasteiger partial charge >= 0.3 is 0 Å². The average molecular weight is 433 g/mol. The molecule has 0 fully saturated rings. The molecule has 146 valence electrons. The first kappa shape index (κ1) is 20.6. The third-order valence-electron chi connectivity index (χ3n) is 4.43. The van der Waals surface area contributed by atoms with Crippen LogP contribution in [0.2, 0.25) is 5.02 Å². The van der Waals surface area contributed by atoms with E-state index in [4.69, 9.17) is 11.6 Å². The van der Waals surface area contributed by atoms with Crippen LogP contribution in [0.5, 0.6) is 0 Å². The van der Waals surface area contributed by atoms with Crippen molar-refractivity contribution >= 4 is 57.5 Å². The van der Waals surface area contributed by atoms with Gasteiger partial charge in [-0.3, -0.25) is 9.59 Å². The highest BCUT2D eigenvalue weighted by Gasteiger charge is 2.20. The zero-order valence-electron chi connectivity index (χ0n) is 16.3. The van der Waals surface area contributed by atoms with E-state index < -0.39 is 0 Å². The van der Waals surface area contributed by atoms with Crippen LogP contribution in [-0.2, 0) is 0 Å². The van der Waals surface area contributed by atoms with Crippen molar-refractivity contribution in [3.05, 3.63) is 66.0 Å². The first-order valence-corrected chi connectivity index (χ1v) is 10.7. The lowest BCUT2D eigenvalue weighted by molar-refractivity contribution is 0.0990. The Morgan fingerprint density at radius 1 is 0.929 bits per heavy atom. The van der Waals surface area contributed by atoms with Gasteiger partial charge in [0.05, 0.1) is 21.8 Å². The number of benzene rings is 1. The van der Waals surface area contributed by atoms with Crippen LogP contribution in [0, 0.1) is 27.7 Å². The summed E-state index contributed by atoms with van der Waals surface area (Å²) in [5.74, 6) is -0.274. The molecule has 3 rings (SSSR count). The Balaban J connectivity index is 1.80. The number of aryl methyl sites for hydroxylation is 4. The molecule has 1 N–H and O–H groups in total. The maximum atomic E-state index is 12.8. The van der Waals surface area contributed by atoms with Gasteiger partial charge in [0.2, 0.25) is 0 Å². The second-order valence-corrected chi connectivity index (χ2v) is 9.97. The van der Waals surface area contributed by atoms with Gasteiger partial charge in [-0.2, -0.15) is 0 Å². The predicted octanol–water partition coefficient (Wildman–Crippen LogP) is 6.23. The molecule has 0 radical (unpaired) electrons. The quantitative estimate of drug-likeness (QED) is 0.531. The minimum Gasteiger partial charge on any atom is -0.322 e. The van der Waals surface area contributed by atoms with Crippen LogP contribution >= 0.6 is 34.3 Å². The number of thiophene rings is 2. The molecule has 7 heteroatoms. The number of hydrogen-bond donors (Lipinski definition) is 1. The number of halogens is 1. The molecular formula is C21H21ClN2O2S2. The number of hydrogen-bond acceptors (Lipinski definition) is 4. The first-order chi connectivity index (χ1) is 13.2. The van der Waals surface area contributed by atoms with E-state index in [2.05, 4.69) is 5.32 Å². The molecular weight excluding hydrogens is 412 g/mol. The van der Waals surface area contributed by atoms with Crippen molar-refractivity contribution in [3.63, 3.8) is 0 Å². The third-order valence-corrected chi connectivity index (χ3v) is 6.66. The van der Waals surface area contributed by atoms with Gasteiger partial charge in [0.25, 0.3) is 11.8 Å². The Morgan fingerprint density at radius 2 is 1.50 bits per heavy atom. The summed E-state index contributed by atoms with van der Waals surface area (Å²) in [5, 5.41) is 3.27.